The van der Waals surface area contributed by atoms with Crippen LogP contribution in [0.25, 0.3) is 0 Å². The zero-order chi connectivity index (χ0) is 14.7. The summed E-state index contributed by atoms with van der Waals surface area (Å²) in [5, 5.41) is 14.1. The first kappa shape index (κ1) is 14.0. The van der Waals surface area contributed by atoms with Gasteiger partial charge in [0.2, 0.25) is 0 Å². The average molecular weight is 293 g/mol. The lowest BCUT2D eigenvalue weighted by molar-refractivity contribution is 0.103. The number of carbonyl (C=O) groups excluding carboxylic acids is 1. The zero-order valence-electron chi connectivity index (χ0n) is 10.6. The van der Waals surface area contributed by atoms with Gasteiger partial charge in [-0.3, -0.25) is 4.79 Å². The number of amidine groups is 1. The number of hydrogen-bond acceptors (Lipinski definition) is 4. The van der Waals surface area contributed by atoms with Crippen LogP contribution in [0.2, 0.25) is 0 Å². The molecule has 0 radical (unpaired) electrons. The van der Waals surface area contributed by atoms with Crippen LogP contribution in [-0.4, -0.2) is 17.0 Å². The quantitative estimate of drug-likeness (QED) is 0.352. The number of aryl methyl sites for hydroxylation is 1. The van der Waals surface area contributed by atoms with Gasteiger partial charge in [-0.1, -0.05) is 5.16 Å². The van der Waals surface area contributed by atoms with Crippen LogP contribution in [0.3, 0.4) is 0 Å². The molecule has 0 saturated heterocycles. The Morgan fingerprint density at radius 3 is 2.75 bits per heavy atom. The fourth-order valence-electron chi connectivity index (χ4n) is 1.63. The Morgan fingerprint density at radius 1 is 1.40 bits per heavy atom. The smallest absolute Gasteiger partial charge is 0.265 e. The van der Waals surface area contributed by atoms with E-state index in [9.17, 15) is 9.18 Å². The van der Waals surface area contributed by atoms with Crippen molar-refractivity contribution in [2.45, 2.75) is 6.92 Å². The predicted octanol–water partition coefficient (Wildman–Crippen LogP) is 2.54. The molecule has 0 fully saturated rings. The standard InChI is InChI=1S/C13H12FN3O2S/c1-7-2-5-11(20-7)13(18)16-10-4-3-8(14)6-9(10)12(15)17-19/h2-6,19H,1H3,(H2,15,17)(H,16,18). The molecule has 2 aromatic rings. The molecule has 0 atom stereocenters. The van der Waals surface area contributed by atoms with Crippen molar-refractivity contribution < 1.29 is 14.4 Å². The van der Waals surface area contributed by atoms with Gasteiger partial charge >= 0.3 is 0 Å². The van der Waals surface area contributed by atoms with Crippen LogP contribution >= 0.6 is 11.3 Å². The number of thiophene rings is 1. The molecule has 0 saturated carbocycles. The summed E-state index contributed by atoms with van der Waals surface area (Å²) in [5.74, 6) is -1.15. The molecule has 0 unspecified atom stereocenters. The Hall–Kier alpha value is -2.41. The van der Waals surface area contributed by atoms with Crippen LogP contribution in [-0.2, 0) is 0 Å². The Bertz CT molecular complexity index is 682. The molecule has 1 heterocycles. The highest BCUT2D eigenvalue weighted by Gasteiger charge is 2.13. The summed E-state index contributed by atoms with van der Waals surface area (Å²) in [6.07, 6.45) is 0. The third-order valence-corrected chi connectivity index (χ3v) is 3.58. The third-order valence-electron chi connectivity index (χ3n) is 2.58. The number of oxime groups is 1. The van der Waals surface area contributed by atoms with E-state index < -0.39 is 5.82 Å². The Morgan fingerprint density at radius 2 is 2.15 bits per heavy atom. The van der Waals surface area contributed by atoms with E-state index in [0.717, 1.165) is 10.9 Å². The van der Waals surface area contributed by atoms with Crippen molar-refractivity contribution in [3.8, 4) is 0 Å². The molecule has 0 bridgehead atoms. The van der Waals surface area contributed by atoms with Gasteiger partial charge in [-0.2, -0.15) is 0 Å². The van der Waals surface area contributed by atoms with Gasteiger partial charge < -0.3 is 16.3 Å². The molecule has 0 aliphatic carbocycles. The summed E-state index contributed by atoms with van der Waals surface area (Å²) < 4.78 is 13.2. The number of halogens is 1. The van der Waals surface area contributed by atoms with Crippen molar-refractivity contribution in [2.24, 2.45) is 10.9 Å². The van der Waals surface area contributed by atoms with Crippen LogP contribution < -0.4 is 11.1 Å². The molecule has 20 heavy (non-hydrogen) atoms. The highest BCUT2D eigenvalue weighted by Crippen LogP contribution is 2.20. The first-order valence-corrected chi connectivity index (χ1v) is 6.48. The van der Waals surface area contributed by atoms with E-state index in [1.165, 1.54) is 23.5 Å². The molecule has 0 spiro atoms. The van der Waals surface area contributed by atoms with Crippen molar-refractivity contribution in [3.63, 3.8) is 0 Å². The fourth-order valence-corrected chi connectivity index (χ4v) is 2.39. The van der Waals surface area contributed by atoms with Gasteiger partial charge in [-0.05, 0) is 37.3 Å². The van der Waals surface area contributed by atoms with E-state index in [1.54, 1.807) is 6.07 Å². The molecule has 0 aliphatic heterocycles. The maximum Gasteiger partial charge on any atom is 0.265 e. The second-order valence-corrected chi connectivity index (χ2v) is 5.33. The second kappa shape index (κ2) is 5.70. The lowest BCUT2D eigenvalue weighted by atomic mass is 10.1. The van der Waals surface area contributed by atoms with E-state index in [2.05, 4.69) is 10.5 Å². The van der Waals surface area contributed by atoms with E-state index in [0.29, 0.717) is 4.88 Å². The van der Waals surface area contributed by atoms with E-state index in [4.69, 9.17) is 10.9 Å². The topological polar surface area (TPSA) is 87.7 Å². The molecular weight excluding hydrogens is 281 g/mol. The minimum absolute atomic E-state index is 0.120. The summed E-state index contributed by atoms with van der Waals surface area (Å²) in [4.78, 5) is 13.6. The molecular formula is C13H12FN3O2S. The van der Waals surface area contributed by atoms with Crippen molar-refractivity contribution in [3.05, 3.63) is 51.5 Å². The molecule has 1 aromatic carbocycles. The van der Waals surface area contributed by atoms with Gasteiger partial charge in [0.25, 0.3) is 5.91 Å². The molecule has 5 nitrogen and oxygen atoms in total. The van der Waals surface area contributed by atoms with Crippen LogP contribution in [0.5, 0.6) is 0 Å². The van der Waals surface area contributed by atoms with Crippen molar-refractivity contribution in [1.29, 1.82) is 0 Å². The Kier molecular flexibility index (Phi) is 3.99. The molecule has 7 heteroatoms. The predicted molar refractivity (Wildman–Crippen MR) is 75.9 cm³/mol. The van der Waals surface area contributed by atoms with Crippen LogP contribution in [0.1, 0.15) is 20.1 Å². The van der Waals surface area contributed by atoms with E-state index in [1.807, 2.05) is 13.0 Å². The van der Waals surface area contributed by atoms with Gasteiger partial charge in [0.1, 0.15) is 5.82 Å². The van der Waals surface area contributed by atoms with Gasteiger partial charge in [-0.25, -0.2) is 4.39 Å². The molecule has 0 aliphatic rings. The first-order chi connectivity index (χ1) is 9.51. The van der Waals surface area contributed by atoms with Gasteiger partial charge in [0.05, 0.1) is 10.6 Å². The SMILES string of the molecule is Cc1ccc(C(=O)Nc2ccc(F)cc2/C(N)=N/O)s1. The summed E-state index contributed by atoms with van der Waals surface area (Å²) in [7, 11) is 0. The number of benzene rings is 1. The number of hydrogen-bond donors (Lipinski definition) is 3. The van der Waals surface area contributed by atoms with Crippen molar-refractivity contribution >= 4 is 28.8 Å². The number of nitrogens with one attached hydrogen (secondary N) is 1. The largest absolute Gasteiger partial charge is 0.409 e. The summed E-state index contributed by atoms with van der Waals surface area (Å²) in [6, 6.07) is 7.16. The number of rotatable bonds is 3. The summed E-state index contributed by atoms with van der Waals surface area (Å²) in [5.41, 5.74) is 5.86. The second-order valence-electron chi connectivity index (χ2n) is 4.04. The number of nitrogens with two attached hydrogens (primary N) is 1. The van der Waals surface area contributed by atoms with Crippen LogP contribution in [0, 0.1) is 12.7 Å². The minimum atomic E-state index is -0.545. The van der Waals surface area contributed by atoms with Crippen molar-refractivity contribution in [1.82, 2.24) is 0 Å². The molecule has 1 aromatic heterocycles. The monoisotopic (exact) mass is 293 g/mol. The highest BCUT2D eigenvalue weighted by atomic mass is 32.1. The minimum Gasteiger partial charge on any atom is -0.409 e. The van der Waals surface area contributed by atoms with Crippen molar-refractivity contribution in [2.75, 3.05) is 5.32 Å². The lowest BCUT2D eigenvalue weighted by Gasteiger charge is -2.09. The maximum atomic E-state index is 13.2. The molecule has 1 amide bonds. The average Bonchev–Trinajstić information content (AvgIpc) is 2.86. The van der Waals surface area contributed by atoms with Gasteiger partial charge in [0, 0.05) is 10.4 Å². The Labute approximate surface area is 118 Å². The Balaban J connectivity index is 2.32. The summed E-state index contributed by atoms with van der Waals surface area (Å²) >= 11 is 1.34. The number of anilines is 1. The lowest BCUT2D eigenvalue weighted by Crippen LogP contribution is -2.19. The first-order valence-electron chi connectivity index (χ1n) is 5.66. The van der Waals surface area contributed by atoms with Crippen LogP contribution in [0.4, 0.5) is 10.1 Å². The van der Waals surface area contributed by atoms with Gasteiger partial charge in [0.15, 0.2) is 5.84 Å². The normalized spacial score (nSPS) is 11.4. The van der Waals surface area contributed by atoms with Gasteiger partial charge in [-0.15, -0.1) is 11.3 Å². The van der Waals surface area contributed by atoms with E-state index in [-0.39, 0.29) is 23.0 Å². The zero-order valence-corrected chi connectivity index (χ0v) is 11.4. The highest BCUT2D eigenvalue weighted by molar-refractivity contribution is 7.14. The maximum absolute atomic E-state index is 13.2. The third kappa shape index (κ3) is 2.94. The fraction of sp³-hybridized carbons (Fsp3) is 0.0769. The van der Waals surface area contributed by atoms with E-state index >= 15 is 0 Å². The molecule has 2 rings (SSSR count). The molecule has 4 N–H and O–H groups in total. The van der Waals surface area contributed by atoms with Crippen LogP contribution in [0.15, 0.2) is 35.5 Å². The number of amides is 1. The number of nitrogens with zero attached hydrogens (tertiary/aromatic N) is 1. The number of carbonyl (C=O) groups is 1. The molecule has 104 valence electrons. The summed E-state index contributed by atoms with van der Waals surface area (Å²) in [6.45, 7) is 1.89.